The highest BCUT2D eigenvalue weighted by Gasteiger charge is 2.25. The molecule has 1 aliphatic heterocycles. The fourth-order valence-corrected chi connectivity index (χ4v) is 2.22. The van der Waals surface area contributed by atoms with E-state index in [2.05, 4.69) is 15.3 Å². The summed E-state index contributed by atoms with van der Waals surface area (Å²) in [6, 6.07) is 5.48. The van der Waals surface area contributed by atoms with Gasteiger partial charge >= 0.3 is 0 Å². The Morgan fingerprint density at radius 1 is 1.33 bits per heavy atom. The normalized spacial score (nSPS) is 13.3. The number of anilines is 1. The molecule has 0 radical (unpaired) electrons. The summed E-state index contributed by atoms with van der Waals surface area (Å²) < 4.78 is 0. The third-order valence-electron chi connectivity index (χ3n) is 3.05. The molecule has 3 rings (SSSR count). The van der Waals surface area contributed by atoms with Crippen LogP contribution in [0.2, 0.25) is 0 Å². The Bertz CT molecular complexity index is 651. The van der Waals surface area contributed by atoms with E-state index in [1.54, 1.807) is 12.3 Å². The average Bonchev–Trinajstić information content (AvgIpc) is 2.73. The second kappa shape index (κ2) is 3.80. The van der Waals surface area contributed by atoms with Crippen LogP contribution >= 0.6 is 0 Å². The zero-order chi connectivity index (χ0) is 12.7. The minimum Gasteiger partial charge on any atom is -0.398 e. The Kier molecular flexibility index (Phi) is 2.26. The first-order valence-electron chi connectivity index (χ1n) is 5.66. The number of hydrogen-bond donors (Lipinski definition) is 2. The van der Waals surface area contributed by atoms with Crippen LogP contribution in [0.4, 0.5) is 5.69 Å². The van der Waals surface area contributed by atoms with Gasteiger partial charge in [0.05, 0.1) is 11.3 Å². The van der Waals surface area contributed by atoms with E-state index < -0.39 is 0 Å². The highest BCUT2D eigenvalue weighted by atomic mass is 16.1. The van der Waals surface area contributed by atoms with Crippen molar-refractivity contribution in [3.05, 3.63) is 41.3 Å². The van der Waals surface area contributed by atoms with Crippen LogP contribution in [0, 0.1) is 6.92 Å². The Hall–Kier alpha value is -2.43. The van der Waals surface area contributed by atoms with E-state index in [0.717, 1.165) is 16.8 Å². The van der Waals surface area contributed by atoms with Gasteiger partial charge in [-0.25, -0.2) is 9.97 Å². The van der Waals surface area contributed by atoms with Gasteiger partial charge in [0.1, 0.15) is 5.82 Å². The molecule has 0 aliphatic carbocycles. The molecule has 0 atom stereocenters. The lowest BCUT2D eigenvalue weighted by atomic mass is 9.99. The number of amides is 1. The van der Waals surface area contributed by atoms with Gasteiger partial charge in [-0.1, -0.05) is 6.07 Å². The molecule has 0 saturated heterocycles. The van der Waals surface area contributed by atoms with Crippen molar-refractivity contribution in [3.8, 4) is 11.3 Å². The van der Waals surface area contributed by atoms with Crippen molar-refractivity contribution in [2.75, 3.05) is 5.73 Å². The van der Waals surface area contributed by atoms with Crippen molar-refractivity contribution in [2.45, 2.75) is 13.5 Å². The smallest absolute Gasteiger partial charge is 0.254 e. The average molecular weight is 240 g/mol. The standard InChI is InChI=1S/C13H12N4O/c1-7-15-5-4-11(17-7)8-2-3-10(14)12-9(8)6-16-13(12)18/h2-5H,6,14H2,1H3,(H,16,18). The molecule has 1 aliphatic rings. The third kappa shape index (κ3) is 1.52. The summed E-state index contributed by atoms with van der Waals surface area (Å²) in [5.74, 6) is 0.588. The largest absolute Gasteiger partial charge is 0.398 e. The molecule has 0 unspecified atom stereocenters. The number of nitrogens with zero attached hydrogens (tertiary/aromatic N) is 2. The zero-order valence-electron chi connectivity index (χ0n) is 9.90. The van der Waals surface area contributed by atoms with E-state index in [4.69, 9.17) is 5.73 Å². The van der Waals surface area contributed by atoms with Gasteiger partial charge in [0.2, 0.25) is 0 Å². The number of carbonyl (C=O) groups is 1. The molecule has 3 N–H and O–H groups in total. The maximum Gasteiger partial charge on any atom is 0.254 e. The fourth-order valence-electron chi connectivity index (χ4n) is 2.22. The Balaban J connectivity index is 2.23. The first-order valence-corrected chi connectivity index (χ1v) is 5.66. The Labute approximate surface area is 104 Å². The van der Waals surface area contributed by atoms with Crippen LogP contribution in [0.1, 0.15) is 21.7 Å². The molecular weight excluding hydrogens is 228 g/mol. The molecule has 0 spiro atoms. The monoisotopic (exact) mass is 240 g/mol. The van der Waals surface area contributed by atoms with Gasteiger partial charge < -0.3 is 11.1 Å². The lowest BCUT2D eigenvalue weighted by molar-refractivity contribution is 0.0966. The summed E-state index contributed by atoms with van der Waals surface area (Å²) in [6.45, 7) is 2.34. The quantitative estimate of drug-likeness (QED) is 0.736. The van der Waals surface area contributed by atoms with Crippen molar-refractivity contribution >= 4 is 11.6 Å². The van der Waals surface area contributed by atoms with E-state index in [1.165, 1.54) is 0 Å². The molecule has 0 bridgehead atoms. The maximum absolute atomic E-state index is 11.7. The molecule has 1 aromatic heterocycles. The zero-order valence-corrected chi connectivity index (χ0v) is 9.90. The number of aryl methyl sites for hydroxylation is 1. The van der Waals surface area contributed by atoms with Gasteiger partial charge in [0, 0.05) is 24.0 Å². The maximum atomic E-state index is 11.7. The molecule has 2 heterocycles. The molecule has 90 valence electrons. The first kappa shape index (κ1) is 10.7. The highest BCUT2D eigenvalue weighted by molar-refractivity contribution is 6.04. The lowest BCUT2D eigenvalue weighted by Crippen LogP contribution is -2.13. The number of carbonyl (C=O) groups excluding carboxylic acids is 1. The second-order valence-electron chi connectivity index (χ2n) is 4.23. The number of aromatic nitrogens is 2. The van der Waals surface area contributed by atoms with Gasteiger partial charge in [0.15, 0.2) is 0 Å². The minimum atomic E-state index is -0.116. The molecule has 5 nitrogen and oxygen atoms in total. The molecular formula is C13H12N4O. The number of nitrogens with one attached hydrogen (secondary N) is 1. The molecule has 1 amide bonds. The number of hydrogen-bond acceptors (Lipinski definition) is 4. The third-order valence-corrected chi connectivity index (χ3v) is 3.05. The Morgan fingerprint density at radius 2 is 2.17 bits per heavy atom. The predicted molar refractivity (Wildman–Crippen MR) is 67.8 cm³/mol. The van der Waals surface area contributed by atoms with Crippen LogP contribution in [-0.2, 0) is 6.54 Å². The summed E-state index contributed by atoms with van der Waals surface area (Å²) in [5.41, 5.74) is 9.59. The van der Waals surface area contributed by atoms with Crippen molar-refractivity contribution in [1.82, 2.24) is 15.3 Å². The number of fused-ring (bicyclic) bond motifs is 1. The predicted octanol–water partition coefficient (Wildman–Crippen LogP) is 1.28. The van der Waals surface area contributed by atoms with Gasteiger partial charge in [-0.05, 0) is 24.6 Å². The van der Waals surface area contributed by atoms with E-state index in [-0.39, 0.29) is 5.91 Å². The van der Waals surface area contributed by atoms with Crippen LogP contribution in [0.15, 0.2) is 24.4 Å². The molecule has 1 aromatic carbocycles. The van der Waals surface area contributed by atoms with E-state index in [9.17, 15) is 4.79 Å². The fraction of sp³-hybridized carbons (Fsp3) is 0.154. The summed E-state index contributed by atoms with van der Waals surface area (Å²) in [4.78, 5) is 20.2. The van der Waals surface area contributed by atoms with Gasteiger partial charge in [0.25, 0.3) is 5.91 Å². The summed E-state index contributed by atoms with van der Waals surface area (Å²) in [7, 11) is 0. The van der Waals surface area contributed by atoms with Crippen molar-refractivity contribution < 1.29 is 4.79 Å². The summed E-state index contributed by atoms with van der Waals surface area (Å²) in [6.07, 6.45) is 1.71. The number of benzene rings is 1. The lowest BCUT2D eigenvalue weighted by Gasteiger charge is -2.08. The molecule has 0 fully saturated rings. The highest BCUT2D eigenvalue weighted by Crippen LogP contribution is 2.31. The van der Waals surface area contributed by atoms with Gasteiger partial charge in [-0.15, -0.1) is 0 Å². The van der Waals surface area contributed by atoms with Crippen LogP contribution in [0.3, 0.4) is 0 Å². The topological polar surface area (TPSA) is 80.9 Å². The minimum absolute atomic E-state index is 0.116. The number of rotatable bonds is 1. The molecule has 0 saturated carbocycles. The first-order chi connectivity index (χ1) is 8.66. The SMILES string of the molecule is Cc1nccc(-c2ccc(N)c3c2CNC3=O)n1. The van der Waals surface area contributed by atoms with E-state index >= 15 is 0 Å². The number of nitrogens with two attached hydrogens (primary N) is 1. The van der Waals surface area contributed by atoms with E-state index in [0.29, 0.717) is 23.6 Å². The molecule has 18 heavy (non-hydrogen) atoms. The van der Waals surface area contributed by atoms with Crippen LogP contribution in [0.25, 0.3) is 11.3 Å². The van der Waals surface area contributed by atoms with E-state index in [1.807, 2.05) is 19.1 Å². The van der Waals surface area contributed by atoms with Gasteiger partial charge in [-0.3, -0.25) is 4.79 Å². The Morgan fingerprint density at radius 3 is 2.94 bits per heavy atom. The van der Waals surface area contributed by atoms with Crippen molar-refractivity contribution in [2.24, 2.45) is 0 Å². The summed E-state index contributed by atoms with van der Waals surface area (Å²) in [5, 5.41) is 2.79. The van der Waals surface area contributed by atoms with Crippen molar-refractivity contribution in [1.29, 1.82) is 0 Å². The van der Waals surface area contributed by atoms with Gasteiger partial charge in [-0.2, -0.15) is 0 Å². The second-order valence-corrected chi connectivity index (χ2v) is 4.23. The molecule has 2 aromatic rings. The van der Waals surface area contributed by atoms with Crippen LogP contribution < -0.4 is 11.1 Å². The van der Waals surface area contributed by atoms with Crippen LogP contribution in [0.5, 0.6) is 0 Å². The summed E-state index contributed by atoms with van der Waals surface area (Å²) >= 11 is 0. The van der Waals surface area contributed by atoms with Crippen molar-refractivity contribution in [3.63, 3.8) is 0 Å². The number of nitrogen functional groups attached to an aromatic ring is 1. The van der Waals surface area contributed by atoms with Crippen LogP contribution in [-0.4, -0.2) is 15.9 Å². The molecule has 5 heteroatoms.